The summed E-state index contributed by atoms with van der Waals surface area (Å²) in [7, 11) is 2.66. The highest BCUT2D eigenvalue weighted by atomic mass is 16.8. The van der Waals surface area contributed by atoms with Gasteiger partial charge in [0.15, 0.2) is 37.1 Å². The number of nitrogens with zero attached hydrogens (tertiary/aromatic N) is 1. The average Bonchev–Trinajstić information content (AvgIpc) is 1.70. The number of esters is 1. The van der Waals surface area contributed by atoms with Crippen LogP contribution in [0.3, 0.4) is 0 Å². The number of carbonyl (C=O) groups excluding carboxylic acids is 3. The number of ketones is 1. The predicted molar refractivity (Wildman–Crippen MR) is 327 cm³/mol. The van der Waals surface area contributed by atoms with E-state index in [1.807, 2.05) is 32.9 Å². The van der Waals surface area contributed by atoms with Crippen LogP contribution < -0.4 is 5.32 Å². The van der Waals surface area contributed by atoms with E-state index in [0.717, 1.165) is 12.7 Å². The predicted octanol–water partition coefficient (Wildman–Crippen LogP) is 5.45. The van der Waals surface area contributed by atoms with Gasteiger partial charge in [0.1, 0.15) is 41.8 Å². The van der Waals surface area contributed by atoms with Gasteiger partial charge in [0, 0.05) is 74.2 Å². The van der Waals surface area contributed by atoms with Crippen LogP contribution in [-0.2, 0) is 71.2 Å². The normalized spacial score (nSPS) is 49.9. The van der Waals surface area contributed by atoms with Crippen molar-refractivity contribution in [3.05, 3.63) is 68.5 Å². The molecule has 522 valence electrons. The van der Waals surface area contributed by atoms with Gasteiger partial charge in [-0.2, -0.15) is 0 Å². The summed E-state index contributed by atoms with van der Waals surface area (Å²) in [4.78, 5) is 55.4. The first kappa shape index (κ1) is 71.4. The number of rotatable bonds is 14. The Kier molecular flexibility index (Phi) is 21.7. The Bertz CT molecular complexity index is 2880. The second-order valence-electron chi connectivity index (χ2n) is 28.6. The zero-order valence-corrected chi connectivity index (χ0v) is 55.9. The van der Waals surface area contributed by atoms with Gasteiger partial charge in [-0.25, -0.2) is 9.59 Å². The van der Waals surface area contributed by atoms with Crippen molar-refractivity contribution in [2.75, 3.05) is 20.8 Å². The quantitative estimate of drug-likeness (QED) is 0.0373. The fourth-order valence-electron chi connectivity index (χ4n) is 17.2. The summed E-state index contributed by atoms with van der Waals surface area (Å²) in [5.74, 6) is -5.33. The first-order chi connectivity index (χ1) is 43.9. The van der Waals surface area contributed by atoms with E-state index in [9.17, 15) is 50.3 Å². The van der Waals surface area contributed by atoms with Gasteiger partial charge in [-0.3, -0.25) is 14.9 Å². The molecule has 2 bridgehead atoms. The summed E-state index contributed by atoms with van der Waals surface area (Å²) in [6.07, 6.45) is -8.05. The van der Waals surface area contributed by atoms with Gasteiger partial charge in [0.2, 0.25) is 11.3 Å². The zero-order chi connectivity index (χ0) is 67.7. The molecule has 10 aliphatic rings. The number of nitrogens with one attached hydrogen (secondary N) is 1. The Morgan fingerprint density at radius 3 is 1.92 bits per heavy atom. The van der Waals surface area contributed by atoms with Crippen LogP contribution in [0.15, 0.2) is 58.4 Å². The SMILES string of the molecule is COC(=O)N[C@H]1[C@@H](C)O[C@@H](O[C@H]2C/C=C(\C)[C@@H]3C=C[C@@H]4[C@@H](O[C@H]5C[C@@H](O[C@H]6CC(O[C@H]7C[C@H](O)[C@@H](O)[C@H](C)O7)C(O[C@@H]7C[C@@H](O)[C@@H](OC)[C@H](C)O7)[C@H](C)O6)[C@@H](O)[C@H](C)O5)[C@@H](C)C[C@H](C)[C@H]4[C@]3(C)/C(O)=C3\C(=O)O[C@]4(C[C@@H](C)C(CO)=C[C@H]4/C=C/2C)C3=O)C[C@]1(C)[N+](=O)[O-]. The molecule has 31 atom stereocenters. The summed E-state index contributed by atoms with van der Waals surface area (Å²) in [5.41, 5.74) is -3.49. The van der Waals surface area contributed by atoms with E-state index in [4.69, 9.17) is 61.6 Å². The summed E-state index contributed by atoms with van der Waals surface area (Å²) in [6.45, 7) is 21.2. The van der Waals surface area contributed by atoms with Gasteiger partial charge < -0.3 is 97.5 Å². The highest BCUT2D eigenvalue weighted by molar-refractivity contribution is 6.26. The largest absolute Gasteiger partial charge is 0.511 e. The third-order valence-electron chi connectivity index (χ3n) is 22.3. The Morgan fingerprint density at radius 1 is 0.688 bits per heavy atom. The lowest BCUT2D eigenvalue weighted by atomic mass is 9.49. The summed E-state index contributed by atoms with van der Waals surface area (Å²) >= 11 is 0. The number of Topliss-reactive ketones (excluding diaryl/α,β-unsaturated/α-hetero) is 1. The van der Waals surface area contributed by atoms with Crippen LogP contribution in [0.5, 0.6) is 0 Å². The number of hydrogen-bond acceptors (Lipinski definition) is 24. The van der Waals surface area contributed by atoms with Crippen LogP contribution in [-0.4, -0.2) is 214 Å². The molecule has 4 aliphatic carbocycles. The molecule has 7 fully saturated rings. The molecule has 26 nitrogen and oxygen atoms in total. The number of methoxy groups -OCH3 is 2. The standard InChI is InChI=1S/C67H100N2O24/c1-29-15-18-45(88-52-27-65(11,69(79)80)60(38(10)87-52)68-64(78)82-14)30(2)20-40-21-39(28-70)33(5)26-67(40)62(76)53(63(77)93-67)61(75)66(12)42(29)17-16-41-54(66)31(3)19-32(4)57(41)91-51-24-46(56(74)35(7)84-51)89-50-25-47(90-48-22-43(71)55(73)34(6)83-48)59(37(9)86-50)92-49-23-44(72)58(81-13)36(8)85-49/h15-17,20-21,31-38,40-52,54-60,70-75H,18-19,22-28H2,1-14H3,(H,68,78)/b29-15+,30-20+,61-53+/t31-,32-,33+,34-,35-,36-,37-,38+,40+,41-,42-,43-,44+,45-,46+,47?,48-,49+,50-,51-,52-,54+,55-,56-,57-,58-,59?,60-,65-,66+,67-/m0/s1. The van der Waals surface area contributed by atoms with Gasteiger partial charge in [0.05, 0.1) is 87.3 Å². The highest BCUT2D eigenvalue weighted by Gasteiger charge is 2.64. The van der Waals surface area contributed by atoms with E-state index in [1.54, 1.807) is 53.7 Å². The molecule has 7 N–H and O–H groups in total. The zero-order valence-electron chi connectivity index (χ0n) is 55.9. The number of aliphatic hydroxyl groups excluding tert-OH is 6. The van der Waals surface area contributed by atoms with Gasteiger partial charge >= 0.3 is 12.1 Å². The van der Waals surface area contributed by atoms with E-state index >= 15 is 4.79 Å². The van der Waals surface area contributed by atoms with E-state index in [-0.39, 0.29) is 63.4 Å². The minimum atomic E-state index is -1.84. The number of aliphatic hydroxyl groups is 6. The Hall–Kier alpha value is -4.33. The topological polar surface area (TPSA) is 348 Å². The molecule has 0 radical (unpaired) electrons. The van der Waals surface area contributed by atoms with E-state index in [0.29, 0.717) is 17.6 Å². The van der Waals surface area contributed by atoms with Crippen molar-refractivity contribution in [1.82, 2.24) is 5.32 Å². The molecule has 2 unspecified atom stereocenters. The maximum Gasteiger partial charge on any atom is 0.407 e. The van der Waals surface area contributed by atoms with E-state index < -0.39 is 209 Å². The Balaban J connectivity index is 0.943. The molecule has 0 aromatic heterocycles. The van der Waals surface area contributed by atoms with Crippen molar-refractivity contribution in [3.63, 3.8) is 0 Å². The van der Waals surface area contributed by atoms with Crippen LogP contribution in [0.1, 0.15) is 134 Å². The Labute approximate surface area is 543 Å². The van der Waals surface area contributed by atoms with Crippen LogP contribution in [0.2, 0.25) is 0 Å². The molecule has 10 rings (SSSR count). The van der Waals surface area contributed by atoms with Crippen LogP contribution in [0.25, 0.3) is 0 Å². The molecule has 93 heavy (non-hydrogen) atoms. The Morgan fingerprint density at radius 2 is 1.28 bits per heavy atom. The molecule has 0 aromatic carbocycles. The smallest absolute Gasteiger partial charge is 0.407 e. The lowest BCUT2D eigenvalue weighted by molar-refractivity contribution is -0.584. The van der Waals surface area contributed by atoms with Crippen molar-refractivity contribution < 1.29 is 112 Å². The molecule has 1 spiro atoms. The number of fused-ring (bicyclic) bond motifs is 4. The lowest BCUT2D eigenvalue weighted by Gasteiger charge is -2.56. The van der Waals surface area contributed by atoms with E-state index in [2.05, 4.69) is 25.2 Å². The second-order valence-corrected chi connectivity index (χ2v) is 28.6. The number of hydrogen-bond donors (Lipinski definition) is 7. The van der Waals surface area contributed by atoms with Crippen molar-refractivity contribution >= 4 is 17.8 Å². The van der Waals surface area contributed by atoms with Gasteiger partial charge in [-0.1, -0.05) is 63.6 Å². The monoisotopic (exact) mass is 1320 g/mol. The molecule has 6 heterocycles. The third-order valence-corrected chi connectivity index (χ3v) is 22.3. The van der Waals surface area contributed by atoms with Gasteiger partial charge in [-0.15, -0.1) is 0 Å². The number of ether oxygens (including phenoxy) is 13. The van der Waals surface area contributed by atoms with Gasteiger partial charge in [0.25, 0.3) is 0 Å². The molecule has 6 saturated heterocycles. The summed E-state index contributed by atoms with van der Waals surface area (Å²) in [5, 5.41) is 83.6. The first-order valence-corrected chi connectivity index (χ1v) is 33.2. The molecular formula is C67H100N2O24. The molecule has 6 aliphatic heterocycles. The first-order valence-electron chi connectivity index (χ1n) is 33.2. The summed E-state index contributed by atoms with van der Waals surface area (Å²) in [6, 6.07) is -1.09. The summed E-state index contributed by atoms with van der Waals surface area (Å²) < 4.78 is 82.0. The molecule has 0 aromatic rings. The maximum atomic E-state index is 15.7. The lowest BCUT2D eigenvalue weighted by Crippen LogP contribution is -2.65. The minimum absolute atomic E-state index is 0.00999. The van der Waals surface area contributed by atoms with Crippen molar-refractivity contribution in [3.8, 4) is 0 Å². The molecular weight excluding hydrogens is 1220 g/mol. The third kappa shape index (κ3) is 13.7. The average molecular weight is 1320 g/mol. The van der Waals surface area contributed by atoms with Crippen LogP contribution in [0.4, 0.5) is 4.79 Å². The van der Waals surface area contributed by atoms with Crippen LogP contribution in [0, 0.1) is 57.0 Å². The number of amides is 1. The second kappa shape index (κ2) is 28.3. The number of allylic oxidation sites excluding steroid dienone is 3. The van der Waals surface area contributed by atoms with Crippen molar-refractivity contribution in [2.24, 2.45) is 46.8 Å². The fourth-order valence-corrected chi connectivity index (χ4v) is 17.2. The number of nitro groups is 1. The van der Waals surface area contributed by atoms with Gasteiger partial charge in [-0.05, 0) is 96.1 Å². The van der Waals surface area contributed by atoms with E-state index in [1.165, 1.54) is 14.0 Å². The molecule has 1 saturated carbocycles. The van der Waals surface area contributed by atoms with Crippen molar-refractivity contribution in [2.45, 2.75) is 275 Å². The fraction of sp³-hybridized carbons (Fsp3) is 0.806. The highest BCUT2D eigenvalue weighted by Crippen LogP contribution is 2.61. The molecule has 1 amide bonds. The molecule has 26 heteroatoms. The number of alkyl carbamates (subject to hydrolysis) is 1. The number of carbonyl (C=O) groups is 3. The van der Waals surface area contributed by atoms with Crippen molar-refractivity contribution in [1.29, 1.82) is 0 Å². The maximum absolute atomic E-state index is 15.7. The minimum Gasteiger partial charge on any atom is -0.511 e. The van der Waals surface area contributed by atoms with Crippen LogP contribution >= 0.6 is 0 Å².